The highest BCUT2D eigenvalue weighted by atomic mass is 16.6. The molecule has 3 fully saturated rings. The molecule has 2 aliphatic carbocycles. The molecule has 1 heterocycles. The van der Waals surface area contributed by atoms with Gasteiger partial charge in [-0.3, -0.25) is 9.69 Å². The van der Waals surface area contributed by atoms with Crippen LogP contribution in [0.15, 0.2) is 24.3 Å². The van der Waals surface area contributed by atoms with Crippen LogP contribution in [0.25, 0.3) is 0 Å². The van der Waals surface area contributed by atoms with E-state index in [1.165, 1.54) is 19.3 Å². The molecule has 1 saturated heterocycles. The first-order valence-corrected chi connectivity index (χ1v) is 9.11. The van der Waals surface area contributed by atoms with E-state index in [0.717, 1.165) is 36.9 Å². The number of hydrogen-bond acceptors (Lipinski definition) is 3. The summed E-state index contributed by atoms with van der Waals surface area (Å²) in [5.74, 6) is 0.153. The second-order valence-corrected chi connectivity index (χ2v) is 7.05. The fourth-order valence-corrected chi connectivity index (χ4v) is 3.90. The lowest BCUT2D eigenvalue weighted by Gasteiger charge is -2.34. The van der Waals surface area contributed by atoms with Gasteiger partial charge >= 0.3 is 6.09 Å². The first kappa shape index (κ1) is 15.5. The van der Waals surface area contributed by atoms with Gasteiger partial charge in [0.2, 0.25) is 0 Å². The number of amides is 2. The Bertz CT molecular complexity index is 618. The van der Waals surface area contributed by atoms with E-state index >= 15 is 0 Å². The molecule has 0 radical (unpaired) electrons. The Labute approximate surface area is 142 Å². The third-order valence-electron chi connectivity index (χ3n) is 5.33. The Hall–Kier alpha value is -2.04. The van der Waals surface area contributed by atoms with Crippen LogP contribution in [0.1, 0.15) is 55.3 Å². The molecule has 0 atom stereocenters. The van der Waals surface area contributed by atoms with Gasteiger partial charge in [0.15, 0.2) is 0 Å². The summed E-state index contributed by atoms with van der Waals surface area (Å²) in [6.07, 6.45) is 8.01. The molecule has 128 valence electrons. The van der Waals surface area contributed by atoms with Gasteiger partial charge in [-0.2, -0.15) is 0 Å². The Balaban J connectivity index is 1.51. The lowest BCUT2D eigenvalue weighted by Crippen LogP contribution is -2.43. The quantitative estimate of drug-likeness (QED) is 0.849. The van der Waals surface area contributed by atoms with E-state index in [1.54, 1.807) is 4.90 Å². The number of cyclic esters (lactones) is 1. The number of carbonyl (C=O) groups excluding carboxylic acids is 2. The number of anilines is 1. The Kier molecular flexibility index (Phi) is 4.17. The molecule has 0 unspecified atom stereocenters. The summed E-state index contributed by atoms with van der Waals surface area (Å²) < 4.78 is 4.97. The topological polar surface area (TPSA) is 49.9 Å². The fourth-order valence-electron chi connectivity index (χ4n) is 3.90. The van der Waals surface area contributed by atoms with Crippen molar-refractivity contribution in [1.29, 1.82) is 0 Å². The summed E-state index contributed by atoms with van der Waals surface area (Å²) in [5, 5.41) is 0. The van der Waals surface area contributed by atoms with Crippen molar-refractivity contribution in [3.05, 3.63) is 29.8 Å². The average Bonchev–Trinajstić information content (AvgIpc) is 3.36. The molecule has 3 aliphatic rings. The third kappa shape index (κ3) is 2.99. The van der Waals surface area contributed by atoms with Crippen molar-refractivity contribution >= 4 is 17.7 Å². The molecular formula is C19H24N2O3. The maximum absolute atomic E-state index is 13.0. The van der Waals surface area contributed by atoms with Crippen molar-refractivity contribution in [3.63, 3.8) is 0 Å². The summed E-state index contributed by atoms with van der Waals surface area (Å²) in [7, 11) is 0. The van der Waals surface area contributed by atoms with Crippen molar-refractivity contribution in [2.24, 2.45) is 0 Å². The van der Waals surface area contributed by atoms with Crippen LogP contribution in [0.2, 0.25) is 0 Å². The fraction of sp³-hybridized carbons (Fsp3) is 0.579. The molecule has 0 aromatic heterocycles. The largest absolute Gasteiger partial charge is 0.447 e. The van der Waals surface area contributed by atoms with Crippen LogP contribution in [-0.2, 0) is 4.74 Å². The number of carbonyl (C=O) groups is 2. The van der Waals surface area contributed by atoms with Gasteiger partial charge in [0, 0.05) is 23.3 Å². The molecule has 0 spiro atoms. The molecule has 24 heavy (non-hydrogen) atoms. The van der Waals surface area contributed by atoms with Gasteiger partial charge in [0.1, 0.15) is 6.61 Å². The predicted molar refractivity (Wildman–Crippen MR) is 91.2 cm³/mol. The molecule has 2 amide bonds. The Morgan fingerprint density at radius 2 is 1.67 bits per heavy atom. The van der Waals surface area contributed by atoms with E-state index in [0.29, 0.717) is 25.2 Å². The molecule has 1 aromatic rings. The molecule has 5 nitrogen and oxygen atoms in total. The standard InChI is InChI=1S/C19H24N2O3/c22-18(21(17-10-11-17)16-4-2-1-3-5-16)14-6-8-15(9-7-14)20-12-13-24-19(20)23/h6-9,16-17H,1-5,10-13H2. The lowest BCUT2D eigenvalue weighted by molar-refractivity contribution is 0.0614. The summed E-state index contributed by atoms with van der Waals surface area (Å²) >= 11 is 0. The highest BCUT2D eigenvalue weighted by molar-refractivity contribution is 5.96. The number of ether oxygens (including phenoxy) is 1. The maximum Gasteiger partial charge on any atom is 0.414 e. The van der Waals surface area contributed by atoms with Crippen molar-refractivity contribution in [2.45, 2.75) is 57.0 Å². The van der Waals surface area contributed by atoms with E-state index in [9.17, 15) is 9.59 Å². The first-order chi connectivity index (χ1) is 11.7. The smallest absolute Gasteiger partial charge is 0.414 e. The average molecular weight is 328 g/mol. The van der Waals surface area contributed by atoms with Crippen molar-refractivity contribution < 1.29 is 14.3 Å². The van der Waals surface area contributed by atoms with Crippen LogP contribution in [0.3, 0.4) is 0 Å². The Morgan fingerprint density at radius 3 is 2.25 bits per heavy atom. The van der Waals surface area contributed by atoms with E-state index in [1.807, 2.05) is 24.3 Å². The van der Waals surface area contributed by atoms with Crippen molar-refractivity contribution in [2.75, 3.05) is 18.1 Å². The van der Waals surface area contributed by atoms with Crippen molar-refractivity contribution in [3.8, 4) is 0 Å². The molecule has 0 bridgehead atoms. The van der Waals surface area contributed by atoms with Gasteiger partial charge in [-0.05, 0) is 49.9 Å². The van der Waals surface area contributed by atoms with E-state index in [-0.39, 0.29) is 12.0 Å². The monoisotopic (exact) mass is 328 g/mol. The van der Waals surface area contributed by atoms with Gasteiger partial charge in [0.25, 0.3) is 5.91 Å². The lowest BCUT2D eigenvalue weighted by atomic mass is 9.93. The zero-order chi connectivity index (χ0) is 16.5. The van der Waals surface area contributed by atoms with Gasteiger partial charge in [0.05, 0.1) is 6.54 Å². The third-order valence-corrected chi connectivity index (χ3v) is 5.33. The maximum atomic E-state index is 13.0. The van der Waals surface area contributed by atoms with Crippen LogP contribution >= 0.6 is 0 Å². The van der Waals surface area contributed by atoms with Gasteiger partial charge in [-0.15, -0.1) is 0 Å². The number of nitrogens with zero attached hydrogens (tertiary/aromatic N) is 2. The number of benzene rings is 1. The molecule has 1 aliphatic heterocycles. The highest BCUT2D eigenvalue weighted by Crippen LogP contribution is 2.35. The van der Waals surface area contributed by atoms with Crippen LogP contribution in [0.5, 0.6) is 0 Å². The Morgan fingerprint density at radius 1 is 1.00 bits per heavy atom. The number of hydrogen-bond donors (Lipinski definition) is 0. The van der Waals surface area contributed by atoms with E-state index in [4.69, 9.17) is 4.74 Å². The normalized spacial score (nSPS) is 21.7. The number of rotatable bonds is 4. The minimum Gasteiger partial charge on any atom is -0.447 e. The van der Waals surface area contributed by atoms with Gasteiger partial charge in [-0.25, -0.2) is 4.79 Å². The summed E-state index contributed by atoms with van der Waals surface area (Å²) in [5.41, 5.74) is 1.52. The zero-order valence-corrected chi connectivity index (χ0v) is 13.9. The molecule has 1 aromatic carbocycles. The first-order valence-electron chi connectivity index (χ1n) is 9.11. The zero-order valence-electron chi connectivity index (χ0n) is 13.9. The summed E-state index contributed by atoms with van der Waals surface area (Å²) in [4.78, 5) is 28.4. The second-order valence-electron chi connectivity index (χ2n) is 7.05. The second kappa shape index (κ2) is 6.46. The summed E-state index contributed by atoms with van der Waals surface area (Å²) in [6, 6.07) is 8.25. The van der Waals surface area contributed by atoms with E-state index < -0.39 is 0 Å². The molecule has 2 saturated carbocycles. The van der Waals surface area contributed by atoms with E-state index in [2.05, 4.69) is 4.90 Å². The molecule has 5 heteroatoms. The molecule has 0 N–H and O–H groups in total. The van der Waals surface area contributed by atoms with Crippen molar-refractivity contribution in [1.82, 2.24) is 4.90 Å². The predicted octanol–water partition coefficient (Wildman–Crippen LogP) is 3.58. The van der Waals surface area contributed by atoms with Crippen LogP contribution in [-0.4, -0.2) is 42.1 Å². The SMILES string of the molecule is O=C1OCCN1c1ccc(C(=O)N(C2CCCCC2)C2CC2)cc1. The highest BCUT2D eigenvalue weighted by Gasteiger charge is 2.38. The van der Waals surface area contributed by atoms with Gasteiger partial charge in [-0.1, -0.05) is 19.3 Å². The minimum atomic E-state index is -0.309. The minimum absolute atomic E-state index is 0.153. The van der Waals surface area contributed by atoms with Gasteiger partial charge < -0.3 is 9.64 Å². The van der Waals surface area contributed by atoms with Crippen LogP contribution < -0.4 is 4.90 Å². The van der Waals surface area contributed by atoms with Crippen LogP contribution in [0.4, 0.5) is 10.5 Å². The molecular weight excluding hydrogens is 304 g/mol. The van der Waals surface area contributed by atoms with Crippen LogP contribution in [0, 0.1) is 0 Å². The molecule has 4 rings (SSSR count). The summed E-state index contributed by atoms with van der Waals surface area (Å²) in [6.45, 7) is 0.999.